The van der Waals surface area contributed by atoms with Crippen molar-refractivity contribution in [2.24, 2.45) is 0 Å². The van der Waals surface area contributed by atoms with Gasteiger partial charge in [-0.25, -0.2) is 8.42 Å². The van der Waals surface area contributed by atoms with Crippen LogP contribution in [0.15, 0.2) is 42.5 Å². The third-order valence-corrected chi connectivity index (χ3v) is 6.01. The van der Waals surface area contributed by atoms with Crippen LogP contribution in [0.3, 0.4) is 0 Å². The quantitative estimate of drug-likeness (QED) is 0.821. The molecule has 0 aliphatic heterocycles. The van der Waals surface area contributed by atoms with Crippen LogP contribution in [0.5, 0.6) is 0 Å². The van der Waals surface area contributed by atoms with Gasteiger partial charge >= 0.3 is 0 Å². The van der Waals surface area contributed by atoms with Crippen LogP contribution in [-0.2, 0) is 14.8 Å². The summed E-state index contributed by atoms with van der Waals surface area (Å²) < 4.78 is 26.0. The summed E-state index contributed by atoms with van der Waals surface area (Å²) in [6, 6.07) is 12.2. The molecule has 5 nitrogen and oxygen atoms in total. The lowest BCUT2D eigenvalue weighted by Crippen LogP contribution is -2.48. The Morgan fingerprint density at radius 2 is 1.56 bits per heavy atom. The first-order valence-corrected chi connectivity index (χ1v) is 10.8. The number of sulfonamides is 1. The number of anilines is 1. The SMILES string of the molecule is Cc1ccc([C@H](C)NC(=O)[C@@H](C)N(c2ccc(C)c(C)c2)S(C)(=O)=O)cc1. The Balaban J connectivity index is 2.26. The molecule has 0 fully saturated rings. The van der Waals surface area contributed by atoms with Gasteiger partial charge in [-0.3, -0.25) is 9.10 Å². The van der Waals surface area contributed by atoms with E-state index in [0.29, 0.717) is 5.69 Å². The van der Waals surface area contributed by atoms with Gasteiger partial charge < -0.3 is 5.32 Å². The summed E-state index contributed by atoms with van der Waals surface area (Å²) in [6.45, 7) is 9.37. The molecule has 6 heteroatoms. The number of carbonyl (C=O) groups excluding carboxylic acids is 1. The average Bonchev–Trinajstić information content (AvgIpc) is 2.57. The summed E-state index contributed by atoms with van der Waals surface area (Å²) in [5.41, 5.74) is 4.65. The molecule has 0 aliphatic rings. The molecule has 0 unspecified atom stereocenters. The average molecular weight is 389 g/mol. The molecular formula is C21H28N2O3S. The zero-order valence-corrected chi connectivity index (χ0v) is 17.6. The first kappa shape index (κ1) is 21.0. The standard InChI is InChI=1S/C21H28N2O3S/c1-14-7-10-19(11-8-14)17(4)22-21(24)18(5)23(27(6,25)26)20-12-9-15(2)16(3)13-20/h7-13,17-18H,1-6H3,(H,22,24)/t17-,18+/m0/s1. The molecule has 0 aromatic heterocycles. The molecule has 1 N–H and O–H groups in total. The molecular weight excluding hydrogens is 360 g/mol. The molecule has 0 heterocycles. The number of aryl methyl sites for hydroxylation is 3. The van der Waals surface area contributed by atoms with E-state index >= 15 is 0 Å². The van der Waals surface area contributed by atoms with E-state index in [1.54, 1.807) is 19.1 Å². The Kier molecular flexibility index (Phi) is 6.31. The van der Waals surface area contributed by atoms with Gasteiger partial charge in [0, 0.05) is 0 Å². The number of hydrogen-bond acceptors (Lipinski definition) is 3. The van der Waals surface area contributed by atoms with Crippen molar-refractivity contribution < 1.29 is 13.2 Å². The number of rotatable bonds is 6. The third-order valence-electron chi connectivity index (χ3n) is 4.77. The maximum absolute atomic E-state index is 12.8. The summed E-state index contributed by atoms with van der Waals surface area (Å²) >= 11 is 0. The molecule has 2 atom stereocenters. The van der Waals surface area contributed by atoms with E-state index in [1.807, 2.05) is 58.0 Å². The second kappa shape index (κ2) is 8.13. The van der Waals surface area contributed by atoms with Crippen LogP contribution < -0.4 is 9.62 Å². The summed E-state index contributed by atoms with van der Waals surface area (Å²) in [7, 11) is -3.63. The minimum atomic E-state index is -3.63. The number of benzene rings is 2. The Hall–Kier alpha value is -2.34. The van der Waals surface area contributed by atoms with Crippen LogP contribution in [0.4, 0.5) is 5.69 Å². The van der Waals surface area contributed by atoms with Crippen molar-refractivity contribution in [1.82, 2.24) is 5.32 Å². The van der Waals surface area contributed by atoms with E-state index in [-0.39, 0.29) is 11.9 Å². The first-order chi connectivity index (χ1) is 12.5. The van der Waals surface area contributed by atoms with Gasteiger partial charge in [0.15, 0.2) is 0 Å². The fraction of sp³-hybridized carbons (Fsp3) is 0.381. The van der Waals surface area contributed by atoms with E-state index in [1.165, 1.54) is 4.31 Å². The predicted octanol–water partition coefficient (Wildman–Crippen LogP) is 3.64. The zero-order valence-electron chi connectivity index (χ0n) is 16.8. The van der Waals surface area contributed by atoms with Gasteiger partial charge in [0.2, 0.25) is 15.9 Å². The van der Waals surface area contributed by atoms with E-state index in [4.69, 9.17) is 0 Å². The van der Waals surface area contributed by atoms with Gasteiger partial charge in [-0.15, -0.1) is 0 Å². The normalized spacial score (nSPS) is 13.7. The Labute approximate surface area is 162 Å². The van der Waals surface area contributed by atoms with Gasteiger partial charge in [-0.1, -0.05) is 35.9 Å². The first-order valence-electron chi connectivity index (χ1n) is 8.94. The summed E-state index contributed by atoms with van der Waals surface area (Å²) in [5.74, 6) is -0.341. The van der Waals surface area contributed by atoms with E-state index in [0.717, 1.165) is 28.5 Å². The van der Waals surface area contributed by atoms with Crippen molar-refractivity contribution >= 4 is 21.6 Å². The molecule has 0 saturated heterocycles. The highest BCUT2D eigenvalue weighted by Gasteiger charge is 2.30. The van der Waals surface area contributed by atoms with E-state index < -0.39 is 16.1 Å². The van der Waals surface area contributed by atoms with Crippen molar-refractivity contribution in [3.8, 4) is 0 Å². The molecule has 2 rings (SSSR count). The summed E-state index contributed by atoms with van der Waals surface area (Å²) in [4.78, 5) is 12.8. The van der Waals surface area contributed by atoms with Crippen LogP contribution in [0.2, 0.25) is 0 Å². The predicted molar refractivity (Wildman–Crippen MR) is 110 cm³/mol. The third kappa shape index (κ3) is 5.10. The smallest absolute Gasteiger partial charge is 0.244 e. The molecule has 2 aromatic rings. The van der Waals surface area contributed by atoms with Crippen LogP contribution in [0.25, 0.3) is 0 Å². The van der Waals surface area contributed by atoms with Gasteiger partial charge in [0.1, 0.15) is 6.04 Å². The zero-order chi connectivity index (χ0) is 20.4. The van der Waals surface area contributed by atoms with Crippen LogP contribution in [-0.4, -0.2) is 26.6 Å². The lowest BCUT2D eigenvalue weighted by molar-refractivity contribution is -0.122. The topological polar surface area (TPSA) is 66.5 Å². The molecule has 146 valence electrons. The van der Waals surface area contributed by atoms with Gasteiger partial charge in [-0.05, 0) is 63.4 Å². The molecule has 0 spiro atoms. The van der Waals surface area contributed by atoms with Crippen molar-refractivity contribution in [3.63, 3.8) is 0 Å². The Bertz CT molecular complexity index is 921. The molecule has 0 aliphatic carbocycles. The lowest BCUT2D eigenvalue weighted by atomic mass is 10.1. The summed E-state index contributed by atoms with van der Waals surface area (Å²) in [5, 5.41) is 2.92. The second-order valence-corrected chi connectivity index (χ2v) is 9.00. The highest BCUT2D eigenvalue weighted by atomic mass is 32.2. The maximum atomic E-state index is 12.8. The van der Waals surface area contributed by atoms with E-state index in [9.17, 15) is 13.2 Å². The lowest BCUT2D eigenvalue weighted by Gasteiger charge is -2.29. The largest absolute Gasteiger partial charge is 0.348 e. The minimum Gasteiger partial charge on any atom is -0.348 e. The Morgan fingerprint density at radius 3 is 2.07 bits per heavy atom. The van der Waals surface area contributed by atoms with Crippen molar-refractivity contribution in [1.29, 1.82) is 0 Å². The number of nitrogens with one attached hydrogen (secondary N) is 1. The number of amides is 1. The second-order valence-electron chi connectivity index (χ2n) is 7.14. The molecule has 2 aromatic carbocycles. The number of nitrogens with zero attached hydrogens (tertiary/aromatic N) is 1. The van der Waals surface area contributed by atoms with Crippen molar-refractivity contribution in [2.45, 2.75) is 46.7 Å². The van der Waals surface area contributed by atoms with Gasteiger partial charge in [-0.2, -0.15) is 0 Å². The Morgan fingerprint density at radius 1 is 0.963 bits per heavy atom. The summed E-state index contributed by atoms with van der Waals surface area (Å²) in [6.07, 6.45) is 1.12. The van der Waals surface area contributed by atoms with Crippen molar-refractivity contribution in [3.05, 3.63) is 64.7 Å². The highest BCUT2D eigenvalue weighted by Crippen LogP contribution is 2.24. The van der Waals surface area contributed by atoms with Crippen LogP contribution >= 0.6 is 0 Å². The molecule has 0 saturated carbocycles. The van der Waals surface area contributed by atoms with E-state index in [2.05, 4.69) is 5.32 Å². The van der Waals surface area contributed by atoms with Crippen LogP contribution in [0.1, 0.15) is 42.1 Å². The highest BCUT2D eigenvalue weighted by molar-refractivity contribution is 7.92. The van der Waals surface area contributed by atoms with Gasteiger partial charge in [0.05, 0.1) is 18.0 Å². The number of carbonyl (C=O) groups is 1. The van der Waals surface area contributed by atoms with Crippen molar-refractivity contribution in [2.75, 3.05) is 10.6 Å². The maximum Gasteiger partial charge on any atom is 0.244 e. The molecule has 1 amide bonds. The fourth-order valence-corrected chi connectivity index (χ4v) is 4.11. The van der Waals surface area contributed by atoms with Crippen LogP contribution in [0, 0.1) is 20.8 Å². The monoisotopic (exact) mass is 388 g/mol. The molecule has 0 bridgehead atoms. The molecule has 27 heavy (non-hydrogen) atoms. The minimum absolute atomic E-state index is 0.221. The number of hydrogen-bond donors (Lipinski definition) is 1. The fourth-order valence-electron chi connectivity index (χ4n) is 2.94. The molecule has 0 radical (unpaired) electrons. The van der Waals surface area contributed by atoms with Gasteiger partial charge in [0.25, 0.3) is 0 Å².